The Morgan fingerprint density at radius 2 is 1.13 bits per heavy atom. The number of nitrogens with two attached hydrogens (primary N) is 2. The molecule has 0 unspecified atom stereocenters. The van der Waals surface area contributed by atoms with Crippen molar-refractivity contribution in [1.82, 2.24) is 0 Å². The van der Waals surface area contributed by atoms with E-state index in [1.54, 1.807) is 0 Å². The first kappa shape index (κ1) is 12.9. The van der Waals surface area contributed by atoms with Crippen molar-refractivity contribution in [3.63, 3.8) is 0 Å². The van der Waals surface area contributed by atoms with Crippen LogP contribution in [0.15, 0.2) is 0 Å². The van der Waals surface area contributed by atoms with Gasteiger partial charge in [-0.15, -0.1) is 0 Å². The van der Waals surface area contributed by atoms with Gasteiger partial charge in [0.05, 0.1) is 6.10 Å². The van der Waals surface area contributed by atoms with Crippen molar-refractivity contribution in [2.45, 2.75) is 76.0 Å². The smallest absolute Gasteiger partial charge is 0.0541 e. The van der Waals surface area contributed by atoms with Gasteiger partial charge in [0.1, 0.15) is 0 Å². The predicted molar refractivity (Wildman–Crippen MR) is 63.5 cm³/mol. The lowest BCUT2D eigenvalue weighted by molar-refractivity contribution is 0.123. The molecule has 3 nitrogen and oxygen atoms in total. The molecule has 2 fully saturated rings. The van der Waals surface area contributed by atoms with Crippen LogP contribution in [0.4, 0.5) is 0 Å². The van der Waals surface area contributed by atoms with Crippen molar-refractivity contribution in [1.29, 1.82) is 0 Å². The van der Waals surface area contributed by atoms with E-state index in [9.17, 15) is 0 Å². The minimum Gasteiger partial charge on any atom is -0.393 e. The average Bonchev–Trinajstić information content (AvgIpc) is 2.25. The largest absolute Gasteiger partial charge is 0.393 e. The molecule has 0 radical (unpaired) electrons. The maximum absolute atomic E-state index is 8.97. The third-order valence-corrected chi connectivity index (χ3v) is 3.39. The molecule has 2 rings (SSSR count). The summed E-state index contributed by atoms with van der Waals surface area (Å²) in [7, 11) is 0. The van der Waals surface area contributed by atoms with Crippen LogP contribution in [0.5, 0.6) is 0 Å². The molecular weight excluding hydrogens is 188 g/mol. The second kappa shape index (κ2) is 7.20. The summed E-state index contributed by atoms with van der Waals surface area (Å²) in [6.07, 6.45) is 10.4. The van der Waals surface area contributed by atoms with Gasteiger partial charge >= 0.3 is 0 Å². The molecule has 0 amide bonds. The number of hydrogen-bond acceptors (Lipinski definition) is 3. The van der Waals surface area contributed by atoms with Crippen LogP contribution in [-0.2, 0) is 0 Å². The van der Waals surface area contributed by atoms with E-state index in [1.807, 2.05) is 0 Å². The van der Waals surface area contributed by atoms with Gasteiger partial charge in [0.2, 0.25) is 0 Å². The van der Waals surface area contributed by atoms with E-state index in [4.69, 9.17) is 16.6 Å². The maximum Gasteiger partial charge on any atom is 0.0541 e. The molecule has 3 heteroatoms. The van der Waals surface area contributed by atoms with Crippen LogP contribution in [0, 0.1) is 0 Å². The van der Waals surface area contributed by atoms with E-state index in [1.165, 1.54) is 32.1 Å². The van der Waals surface area contributed by atoms with Crippen LogP contribution >= 0.6 is 0 Å². The highest BCUT2D eigenvalue weighted by Gasteiger charge is 2.14. The van der Waals surface area contributed by atoms with Crippen molar-refractivity contribution in [3.05, 3.63) is 0 Å². The molecule has 15 heavy (non-hydrogen) atoms. The van der Waals surface area contributed by atoms with E-state index in [-0.39, 0.29) is 6.10 Å². The third kappa shape index (κ3) is 6.13. The molecular formula is C12H26N2O. The Morgan fingerprint density at radius 1 is 0.667 bits per heavy atom. The molecule has 0 bridgehead atoms. The highest BCUT2D eigenvalue weighted by atomic mass is 16.3. The van der Waals surface area contributed by atoms with Crippen LogP contribution in [0.3, 0.4) is 0 Å². The Labute approximate surface area is 93.2 Å². The first-order valence-corrected chi connectivity index (χ1v) is 6.37. The number of aliphatic hydroxyl groups is 1. The SMILES string of the molecule is NC1CCCCC1.N[C@H]1CC[C@H](O)CC1. The van der Waals surface area contributed by atoms with Crippen LogP contribution in [0.25, 0.3) is 0 Å². The highest BCUT2D eigenvalue weighted by Crippen LogP contribution is 2.16. The van der Waals surface area contributed by atoms with Gasteiger partial charge in [0.25, 0.3) is 0 Å². The molecule has 0 spiro atoms. The van der Waals surface area contributed by atoms with Gasteiger partial charge in [-0.3, -0.25) is 0 Å². The Morgan fingerprint density at radius 3 is 1.47 bits per heavy atom. The van der Waals surface area contributed by atoms with E-state index in [0.717, 1.165) is 25.7 Å². The Hall–Kier alpha value is -0.120. The molecule has 0 aromatic rings. The first-order valence-electron chi connectivity index (χ1n) is 6.37. The lowest BCUT2D eigenvalue weighted by atomic mass is 9.94. The number of hydrogen-bond donors (Lipinski definition) is 3. The second-order valence-corrected chi connectivity index (χ2v) is 4.97. The van der Waals surface area contributed by atoms with E-state index < -0.39 is 0 Å². The summed E-state index contributed by atoms with van der Waals surface area (Å²) in [6, 6.07) is 0.896. The molecule has 0 saturated heterocycles. The van der Waals surface area contributed by atoms with Crippen molar-refractivity contribution in [3.8, 4) is 0 Å². The Balaban J connectivity index is 0.000000151. The minimum atomic E-state index is -0.0604. The summed E-state index contributed by atoms with van der Waals surface area (Å²) in [5, 5.41) is 8.97. The predicted octanol–water partition coefficient (Wildman–Crippen LogP) is 1.53. The van der Waals surface area contributed by atoms with Gasteiger partial charge in [0.15, 0.2) is 0 Å². The van der Waals surface area contributed by atoms with Crippen molar-refractivity contribution in [2.24, 2.45) is 11.5 Å². The van der Waals surface area contributed by atoms with Gasteiger partial charge in [-0.05, 0) is 38.5 Å². The highest BCUT2D eigenvalue weighted by molar-refractivity contribution is 4.72. The van der Waals surface area contributed by atoms with Crippen LogP contribution in [0.1, 0.15) is 57.8 Å². The zero-order valence-corrected chi connectivity index (χ0v) is 9.70. The van der Waals surface area contributed by atoms with Gasteiger partial charge in [-0.25, -0.2) is 0 Å². The van der Waals surface area contributed by atoms with Crippen molar-refractivity contribution >= 4 is 0 Å². The topological polar surface area (TPSA) is 72.3 Å². The monoisotopic (exact) mass is 214 g/mol. The van der Waals surface area contributed by atoms with Crippen molar-refractivity contribution < 1.29 is 5.11 Å². The van der Waals surface area contributed by atoms with Crippen molar-refractivity contribution in [2.75, 3.05) is 0 Å². The summed E-state index contributed by atoms with van der Waals surface area (Å²) in [4.78, 5) is 0. The third-order valence-electron chi connectivity index (χ3n) is 3.39. The average molecular weight is 214 g/mol. The van der Waals surface area contributed by atoms with Gasteiger partial charge in [-0.2, -0.15) is 0 Å². The molecule has 90 valence electrons. The summed E-state index contributed by atoms with van der Waals surface area (Å²) < 4.78 is 0. The fourth-order valence-electron chi connectivity index (χ4n) is 2.24. The standard InChI is InChI=1S/C6H13NO.C6H13N/c7-5-1-3-6(8)4-2-5;7-6-4-2-1-3-5-6/h5-6,8H,1-4,7H2;6H,1-5,7H2/t5-,6-;. The van der Waals surface area contributed by atoms with E-state index in [2.05, 4.69) is 0 Å². The van der Waals surface area contributed by atoms with E-state index in [0.29, 0.717) is 12.1 Å². The summed E-state index contributed by atoms with van der Waals surface area (Å²) >= 11 is 0. The number of aliphatic hydroxyl groups excluding tert-OH is 1. The molecule has 0 atom stereocenters. The quantitative estimate of drug-likeness (QED) is 0.572. The second-order valence-electron chi connectivity index (χ2n) is 4.97. The fourth-order valence-corrected chi connectivity index (χ4v) is 2.24. The minimum absolute atomic E-state index is 0.0604. The maximum atomic E-state index is 8.97. The van der Waals surface area contributed by atoms with Gasteiger partial charge < -0.3 is 16.6 Å². The lowest BCUT2D eigenvalue weighted by Gasteiger charge is -2.21. The molecule has 0 aromatic carbocycles. The summed E-state index contributed by atoms with van der Waals surface area (Å²) in [5.41, 5.74) is 11.2. The zero-order chi connectivity index (χ0) is 11.1. The van der Waals surface area contributed by atoms with Crippen LogP contribution in [0.2, 0.25) is 0 Å². The zero-order valence-electron chi connectivity index (χ0n) is 9.70. The molecule has 2 saturated carbocycles. The normalized spacial score (nSPS) is 33.0. The molecule has 0 aliphatic heterocycles. The van der Waals surface area contributed by atoms with E-state index >= 15 is 0 Å². The Kier molecular flexibility index (Phi) is 6.22. The molecule has 2 aliphatic rings. The summed E-state index contributed by atoms with van der Waals surface area (Å²) in [5.74, 6) is 0. The molecule has 0 heterocycles. The summed E-state index contributed by atoms with van der Waals surface area (Å²) in [6.45, 7) is 0. The van der Waals surface area contributed by atoms with Gasteiger partial charge in [-0.1, -0.05) is 19.3 Å². The molecule has 0 aromatic heterocycles. The fraction of sp³-hybridized carbons (Fsp3) is 1.00. The van der Waals surface area contributed by atoms with Crippen LogP contribution in [-0.4, -0.2) is 23.3 Å². The number of rotatable bonds is 0. The molecule has 5 N–H and O–H groups in total. The Bertz CT molecular complexity index is 140. The van der Waals surface area contributed by atoms with Crippen LogP contribution < -0.4 is 11.5 Å². The first-order chi connectivity index (χ1) is 7.18. The van der Waals surface area contributed by atoms with Gasteiger partial charge in [0, 0.05) is 12.1 Å². The molecule has 2 aliphatic carbocycles. The lowest BCUT2D eigenvalue weighted by Crippen LogP contribution is -2.28.